The zero-order valence-corrected chi connectivity index (χ0v) is 66.5. The van der Waals surface area contributed by atoms with Gasteiger partial charge < -0.3 is 9.47 Å². The molecule has 0 bridgehead atoms. The van der Waals surface area contributed by atoms with Gasteiger partial charge in [0.05, 0.1) is 66.7 Å². The number of amides is 8. The third-order valence-electron chi connectivity index (χ3n) is 25.2. The van der Waals surface area contributed by atoms with Crippen LogP contribution in [0, 0.1) is 13.8 Å². The fraction of sp³-hybridized carbons (Fsp3) is 0.115. The van der Waals surface area contributed by atoms with Gasteiger partial charge in [0.25, 0.3) is 47.3 Å². The summed E-state index contributed by atoms with van der Waals surface area (Å²) >= 11 is 0. The topological polar surface area (TPSA) is 168 Å². The first kappa shape index (κ1) is 76.0. The summed E-state index contributed by atoms with van der Waals surface area (Å²) in [5.74, 6) is -2.04. The lowest BCUT2D eigenvalue weighted by atomic mass is 9.67. The van der Waals surface area contributed by atoms with E-state index in [4.69, 9.17) is 9.47 Å². The molecular weight excluding hydrogens is 1520 g/mol. The van der Waals surface area contributed by atoms with E-state index in [1.165, 1.54) is 71.1 Å². The number of halogens is 3. The lowest BCUT2D eigenvalue weighted by Crippen LogP contribution is -2.41. The fourth-order valence-electron chi connectivity index (χ4n) is 18.6. The van der Waals surface area contributed by atoms with E-state index in [1.54, 1.807) is 48.5 Å². The van der Waals surface area contributed by atoms with E-state index in [1.807, 2.05) is 116 Å². The molecule has 0 spiro atoms. The first-order chi connectivity index (χ1) is 58.2. The number of benzene rings is 14. The van der Waals surface area contributed by atoms with E-state index in [0.717, 1.165) is 95.0 Å². The van der Waals surface area contributed by atoms with Crippen LogP contribution in [-0.2, 0) is 21.7 Å². The number of alkyl halides is 3. The van der Waals surface area contributed by atoms with Crippen LogP contribution in [0.1, 0.15) is 182 Å². The second-order valence-corrected chi connectivity index (χ2v) is 32.2. The highest BCUT2D eigenvalue weighted by Gasteiger charge is 2.56. The molecule has 8 amide bonds. The molecule has 20 rings (SSSR count). The van der Waals surface area contributed by atoms with Crippen molar-refractivity contribution in [3.05, 3.63) is 438 Å². The molecule has 14 nitrogen and oxygen atoms in total. The number of hydrogen-bond acceptors (Lipinski definition) is 10. The Morgan fingerprint density at radius 2 is 0.521 bits per heavy atom. The summed E-state index contributed by atoms with van der Waals surface area (Å²) in [5, 5.41) is 0. The molecule has 1 atom stereocenters. The lowest BCUT2D eigenvalue weighted by Gasteiger charge is -2.34. The molecule has 0 saturated carbocycles. The molecule has 17 heteroatoms. The SMILES string of the molecule is Cc1ccc(C2(c3ccc(N4C(=O)c5ccc(C(C)(c6ccc7c(c6)C(=O)N(C)C7=O)C(F)(F)F)cc5C4=O)cc3)c3ccccc3-c3ccccc32)cc1.Cc1ccc(C2(c3ccc(N4C(=O)c5ccc(Oc6ccc(C(C)(C)c7ccc(Oc8ccc9c(c8)C(=O)N(C)C9=O)cc7)cc6)cc5C4=O)cc3)c3ccccc3-c3ccccc32)cc1. The van der Waals surface area contributed by atoms with Crippen LogP contribution in [-0.4, -0.2) is 77.3 Å². The second kappa shape index (κ2) is 28.1. The fourth-order valence-corrected chi connectivity index (χ4v) is 18.6. The maximum atomic E-state index is 15.1. The summed E-state index contributed by atoms with van der Waals surface area (Å²) in [7, 11) is 2.74. The number of ether oxygens (including phenoxy) is 2. The highest BCUT2D eigenvalue weighted by molar-refractivity contribution is 6.35. The number of rotatable bonds is 14. The molecule has 0 fully saturated rings. The van der Waals surface area contributed by atoms with Crippen LogP contribution in [0.4, 0.5) is 24.5 Å². The lowest BCUT2D eigenvalue weighted by molar-refractivity contribution is -0.173. The maximum absolute atomic E-state index is 15.1. The minimum atomic E-state index is -4.89. The number of hydrogen-bond donors (Lipinski definition) is 0. The number of fused-ring (bicyclic) bond motifs is 10. The summed E-state index contributed by atoms with van der Waals surface area (Å²) in [4.78, 5) is 110. The molecule has 14 aromatic rings. The molecule has 4 heterocycles. The number of carbonyl (C=O) groups excluding carboxylic acids is 8. The molecule has 2 aliphatic carbocycles. The normalized spacial score (nSPS) is 15.5. The number of carbonyl (C=O) groups is 8. The molecule has 4 aliphatic heterocycles. The summed E-state index contributed by atoms with van der Waals surface area (Å²) in [6.07, 6.45) is -4.89. The van der Waals surface area contributed by atoms with Crippen LogP contribution in [0.3, 0.4) is 0 Å². The van der Waals surface area contributed by atoms with E-state index in [9.17, 15) is 38.4 Å². The largest absolute Gasteiger partial charge is 0.457 e. The van der Waals surface area contributed by atoms with E-state index < -0.39 is 52.0 Å². The zero-order chi connectivity index (χ0) is 84.1. The quantitative estimate of drug-likeness (QED) is 0.0956. The third kappa shape index (κ3) is 11.6. The molecule has 0 N–H and O–H groups in total. The third-order valence-corrected chi connectivity index (χ3v) is 25.2. The van der Waals surface area contributed by atoms with Crippen LogP contribution < -0.4 is 19.3 Å². The Kier molecular flexibility index (Phi) is 17.7. The maximum Gasteiger partial charge on any atom is 0.402 e. The van der Waals surface area contributed by atoms with Gasteiger partial charge in [0.15, 0.2) is 0 Å². The molecule has 1 unspecified atom stereocenters. The minimum Gasteiger partial charge on any atom is -0.457 e. The van der Waals surface area contributed by atoms with Crippen molar-refractivity contribution in [3.63, 3.8) is 0 Å². The molecule has 0 radical (unpaired) electrons. The summed E-state index contributed by atoms with van der Waals surface area (Å²) in [6.45, 7) is 9.36. The van der Waals surface area contributed by atoms with Crippen molar-refractivity contribution in [2.75, 3.05) is 23.9 Å². The van der Waals surface area contributed by atoms with E-state index in [0.29, 0.717) is 45.4 Å². The highest BCUT2D eigenvalue weighted by Crippen LogP contribution is 2.59. The standard InChI is InChI=1S/C58H42N2O6.C46H31F3N2O4/c1-35-13-15-38(16-14-35)58(51-11-7-5-9-45(51)46-10-6-8-12-52(46)58)39-17-23-40(24-18-39)60-55(63)48-32-30-44(34-50(48)56(60)64)66-42-27-21-37(22-28-42)57(2,3)36-19-25-41(26-20-36)65-43-29-31-47-49(33-43)54(62)59(4)53(47)61;1-26-12-14-27(15-13-26)45(38-10-6-4-8-32(38)33-9-5-7-11-39(33)45)28-16-20-31(21-17-28)51-42(54)35-23-19-30(25-37(35)43(51)55)44(2,46(47,48)49)29-18-22-34-36(24-29)41(53)50(3)40(34)52/h5-34H,1-4H3;4-25H,1-3H3. The van der Waals surface area contributed by atoms with Gasteiger partial charge in [-0.3, -0.25) is 48.2 Å². The van der Waals surface area contributed by atoms with Gasteiger partial charge in [-0.05, 0) is 219 Å². The van der Waals surface area contributed by atoms with Gasteiger partial charge in [-0.1, -0.05) is 231 Å². The van der Waals surface area contributed by atoms with Gasteiger partial charge in [-0.2, -0.15) is 13.2 Å². The van der Waals surface area contributed by atoms with Gasteiger partial charge in [-0.25, -0.2) is 9.80 Å². The molecule has 6 aliphatic rings. The van der Waals surface area contributed by atoms with Crippen LogP contribution in [0.25, 0.3) is 22.3 Å². The predicted molar refractivity (Wildman–Crippen MR) is 456 cm³/mol. The van der Waals surface area contributed by atoms with Crippen molar-refractivity contribution in [1.29, 1.82) is 0 Å². The first-order valence-electron chi connectivity index (χ1n) is 39.6. The zero-order valence-electron chi connectivity index (χ0n) is 66.5. The van der Waals surface area contributed by atoms with Gasteiger partial charge in [0.2, 0.25) is 0 Å². The van der Waals surface area contributed by atoms with Gasteiger partial charge >= 0.3 is 6.18 Å². The minimum absolute atomic E-state index is 0.0169. The van der Waals surface area contributed by atoms with Crippen LogP contribution in [0.2, 0.25) is 0 Å². The molecule has 590 valence electrons. The van der Waals surface area contributed by atoms with Gasteiger partial charge in [0.1, 0.15) is 28.4 Å². The molecule has 121 heavy (non-hydrogen) atoms. The van der Waals surface area contributed by atoms with E-state index >= 15 is 13.2 Å². The van der Waals surface area contributed by atoms with Crippen molar-refractivity contribution in [2.24, 2.45) is 0 Å². The first-order valence-corrected chi connectivity index (χ1v) is 39.6. The van der Waals surface area contributed by atoms with Crippen molar-refractivity contribution < 1.29 is 61.0 Å². The Labute approximate surface area is 694 Å². The number of nitrogens with zero attached hydrogens (tertiary/aromatic N) is 4. The molecule has 14 aromatic carbocycles. The number of anilines is 2. The number of imide groups is 4. The summed E-state index contributed by atoms with van der Waals surface area (Å²) < 4.78 is 57.8. The smallest absolute Gasteiger partial charge is 0.402 e. The van der Waals surface area contributed by atoms with Crippen molar-refractivity contribution in [3.8, 4) is 45.3 Å². The van der Waals surface area contributed by atoms with Crippen LogP contribution in [0.5, 0.6) is 23.0 Å². The van der Waals surface area contributed by atoms with Crippen molar-refractivity contribution >= 4 is 58.6 Å². The number of aryl methyl sites for hydroxylation is 2. The van der Waals surface area contributed by atoms with Crippen LogP contribution in [0.15, 0.2) is 315 Å². The second-order valence-electron chi connectivity index (χ2n) is 32.2. The van der Waals surface area contributed by atoms with Gasteiger partial charge in [0, 0.05) is 19.5 Å². The molecule has 0 saturated heterocycles. The predicted octanol–water partition coefficient (Wildman–Crippen LogP) is 21.5. The Morgan fingerprint density at radius 1 is 0.264 bits per heavy atom. The molecular formula is C104H73F3N4O10. The Balaban J connectivity index is 0.000000162. The van der Waals surface area contributed by atoms with Crippen LogP contribution >= 0.6 is 0 Å². The average molecular weight is 1600 g/mol. The van der Waals surface area contributed by atoms with Crippen molar-refractivity contribution in [1.82, 2.24) is 9.80 Å². The Hall–Kier alpha value is -15.0. The Bertz CT molecular complexity index is 6700. The monoisotopic (exact) mass is 1590 g/mol. The van der Waals surface area contributed by atoms with E-state index in [-0.39, 0.29) is 67.8 Å². The van der Waals surface area contributed by atoms with Gasteiger partial charge in [-0.15, -0.1) is 0 Å². The molecule has 0 aromatic heterocycles. The summed E-state index contributed by atoms with van der Waals surface area (Å²) in [5.41, 5.74) is 14.6. The average Bonchev–Trinajstić information content (AvgIpc) is 1.55. The van der Waals surface area contributed by atoms with Crippen molar-refractivity contribution in [2.45, 2.75) is 62.5 Å². The highest BCUT2D eigenvalue weighted by atomic mass is 19.4. The Morgan fingerprint density at radius 3 is 0.860 bits per heavy atom. The van der Waals surface area contributed by atoms with E-state index in [2.05, 4.69) is 142 Å². The summed E-state index contributed by atoms with van der Waals surface area (Å²) in [6, 6.07) is 98.4.